The summed E-state index contributed by atoms with van der Waals surface area (Å²) in [7, 11) is -3.94. The molecule has 0 unspecified atom stereocenters. The molecule has 0 aliphatic rings. The van der Waals surface area contributed by atoms with Crippen LogP contribution in [0.2, 0.25) is 0 Å². The molecule has 3 aromatic rings. The van der Waals surface area contributed by atoms with E-state index in [0.717, 1.165) is 17.7 Å². The Balaban J connectivity index is 1.75. The summed E-state index contributed by atoms with van der Waals surface area (Å²) in [6.45, 7) is 1.12. The van der Waals surface area contributed by atoms with Crippen LogP contribution >= 0.6 is 0 Å². The summed E-state index contributed by atoms with van der Waals surface area (Å²) in [5.41, 5.74) is 1.21. The highest BCUT2D eigenvalue weighted by Crippen LogP contribution is 2.13. The maximum atomic E-state index is 13.2. The minimum atomic E-state index is -3.94. The van der Waals surface area contributed by atoms with Crippen LogP contribution in [-0.2, 0) is 21.2 Å². The van der Waals surface area contributed by atoms with E-state index in [1.54, 1.807) is 12.1 Å². The number of hydrogen-bond donors (Lipinski definition) is 4. The molecule has 9 nitrogen and oxygen atoms in total. The Hall–Kier alpha value is -3.67. The number of rotatable bonds is 10. The van der Waals surface area contributed by atoms with Crippen molar-refractivity contribution in [2.24, 2.45) is 0 Å². The lowest BCUT2D eigenvalue weighted by atomic mass is 10.0. The first-order chi connectivity index (χ1) is 16.7. The molecule has 0 aliphatic heterocycles. The van der Waals surface area contributed by atoms with E-state index >= 15 is 0 Å². The summed E-state index contributed by atoms with van der Waals surface area (Å²) >= 11 is 0. The number of nitrogens with one attached hydrogen (secondary N) is 3. The van der Waals surface area contributed by atoms with Crippen molar-refractivity contribution in [2.45, 2.75) is 30.5 Å². The molecule has 35 heavy (non-hydrogen) atoms. The molecule has 0 fully saturated rings. The third-order valence-corrected chi connectivity index (χ3v) is 6.43. The van der Waals surface area contributed by atoms with Crippen LogP contribution in [-0.4, -0.2) is 49.0 Å². The Morgan fingerprint density at radius 3 is 2.31 bits per heavy atom. The van der Waals surface area contributed by atoms with Gasteiger partial charge in [-0.25, -0.2) is 22.5 Å². The van der Waals surface area contributed by atoms with Crippen molar-refractivity contribution in [3.63, 3.8) is 0 Å². The van der Waals surface area contributed by atoms with E-state index in [2.05, 4.69) is 20.3 Å². The fraction of sp³-hybridized carbons (Fsp3) is 0.208. The van der Waals surface area contributed by atoms with Gasteiger partial charge < -0.3 is 15.7 Å². The smallest absolute Gasteiger partial charge is 0.258 e. The molecule has 2 aromatic carbocycles. The molecule has 2 amide bonds. The Morgan fingerprint density at radius 2 is 1.71 bits per heavy atom. The Labute approximate surface area is 202 Å². The van der Waals surface area contributed by atoms with E-state index in [0.29, 0.717) is 0 Å². The van der Waals surface area contributed by atoms with E-state index < -0.39 is 39.7 Å². The number of carbonyl (C=O) groups is 2. The molecule has 0 spiro atoms. The highest BCUT2D eigenvalue weighted by molar-refractivity contribution is 7.89. The molecular formula is C24H25FN4O5S. The molecule has 1 aromatic heterocycles. The van der Waals surface area contributed by atoms with Crippen LogP contribution in [0.15, 0.2) is 78.0 Å². The monoisotopic (exact) mass is 500 g/mol. The van der Waals surface area contributed by atoms with Crippen molar-refractivity contribution in [1.29, 1.82) is 0 Å². The van der Waals surface area contributed by atoms with Gasteiger partial charge in [-0.15, -0.1) is 0 Å². The standard InChI is InChI=1S/C24H25FN4O5S/c1-16(15-30)29-35(33,34)22-12-11-20(14-26-22)27-24(32)21(13-17-5-3-2-4-6-17)28-23(31)18-7-9-19(25)10-8-18/h2-12,14,16,21,29-30H,13,15H2,1H3,(H,27,32)(H,28,31)/t16-,21+/m1/s1. The van der Waals surface area contributed by atoms with Gasteiger partial charge in [0.25, 0.3) is 15.9 Å². The molecule has 0 radical (unpaired) electrons. The number of amides is 2. The number of hydrogen-bond acceptors (Lipinski definition) is 6. The number of halogens is 1. The van der Waals surface area contributed by atoms with Crippen molar-refractivity contribution in [3.8, 4) is 0 Å². The lowest BCUT2D eigenvalue weighted by Gasteiger charge is -2.19. The van der Waals surface area contributed by atoms with Gasteiger partial charge in [-0.3, -0.25) is 9.59 Å². The zero-order valence-electron chi connectivity index (χ0n) is 18.8. The van der Waals surface area contributed by atoms with Crippen LogP contribution in [0.3, 0.4) is 0 Å². The first-order valence-electron chi connectivity index (χ1n) is 10.7. The van der Waals surface area contributed by atoms with Crippen molar-refractivity contribution >= 4 is 27.5 Å². The number of pyridine rings is 1. The molecule has 1 heterocycles. The first-order valence-corrected chi connectivity index (χ1v) is 12.2. The number of sulfonamides is 1. The Morgan fingerprint density at radius 1 is 1.03 bits per heavy atom. The predicted octanol–water partition coefficient (Wildman–Crippen LogP) is 1.86. The number of nitrogens with zero attached hydrogens (tertiary/aromatic N) is 1. The number of anilines is 1. The van der Waals surface area contributed by atoms with Gasteiger partial charge in [0, 0.05) is 18.0 Å². The predicted molar refractivity (Wildman–Crippen MR) is 128 cm³/mol. The van der Waals surface area contributed by atoms with Gasteiger partial charge in [0.1, 0.15) is 11.9 Å². The molecule has 11 heteroatoms. The summed E-state index contributed by atoms with van der Waals surface area (Å²) in [5, 5.41) is 14.1. The molecule has 4 N–H and O–H groups in total. The Bertz CT molecular complexity index is 1250. The van der Waals surface area contributed by atoms with Gasteiger partial charge in [0.15, 0.2) is 5.03 Å². The van der Waals surface area contributed by atoms with Crippen molar-refractivity contribution in [3.05, 3.63) is 89.9 Å². The number of carbonyl (C=O) groups excluding carboxylic acids is 2. The van der Waals surface area contributed by atoms with Crippen molar-refractivity contribution < 1.29 is 27.5 Å². The molecule has 3 rings (SSSR count). The van der Waals surface area contributed by atoms with Crippen LogP contribution in [0.5, 0.6) is 0 Å². The van der Waals surface area contributed by atoms with Crippen LogP contribution in [0.1, 0.15) is 22.8 Å². The SMILES string of the molecule is C[C@H](CO)NS(=O)(=O)c1ccc(NC(=O)[C@H](Cc2ccccc2)NC(=O)c2ccc(F)cc2)cn1. The van der Waals surface area contributed by atoms with Crippen molar-refractivity contribution in [2.75, 3.05) is 11.9 Å². The average molecular weight is 501 g/mol. The summed E-state index contributed by atoms with van der Waals surface area (Å²) in [6, 6.07) is 14.9. The first kappa shape index (κ1) is 25.9. The Kier molecular flexibility index (Phi) is 8.63. The van der Waals surface area contributed by atoms with E-state index in [-0.39, 0.29) is 29.3 Å². The van der Waals surface area contributed by atoms with Gasteiger partial charge in [-0.1, -0.05) is 30.3 Å². The fourth-order valence-corrected chi connectivity index (χ4v) is 4.27. The molecule has 184 valence electrons. The maximum Gasteiger partial charge on any atom is 0.258 e. The third kappa shape index (κ3) is 7.41. The highest BCUT2D eigenvalue weighted by Gasteiger charge is 2.23. The van der Waals surface area contributed by atoms with Crippen LogP contribution < -0.4 is 15.4 Å². The molecule has 2 atom stereocenters. The van der Waals surface area contributed by atoms with Gasteiger partial charge in [-0.2, -0.15) is 0 Å². The van der Waals surface area contributed by atoms with Gasteiger partial charge >= 0.3 is 0 Å². The zero-order chi connectivity index (χ0) is 25.4. The normalized spacial score (nSPS) is 13.0. The average Bonchev–Trinajstić information content (AvgIpc) is 2.84. The second-order valence-electron chi connectivity index (χ2n) is 7.80. The molecule has 0 bridgehead atoms. The summed E-state index contributed by atoms with van der Waals surface area (Å²) in [4.78, 5) is 29.6. The largest absolute Gasteiger partial charge is 0.395 e. The summed E-state index contributed by atoms with van der Waals surface area (Å²) in [6.07, 6.45) is 1.36. The molecule has 0 saturated heterocycles. The van der Waals surface area contributed by atoms with Gasteiger partial charge in [-0.05, 0) is 48.9 Å². The summed E-state index contributed by atoms with van der Waals surface area (Å²) < 4.78 is 40.0. The van der Waals surface area contributed by atoms with E-state index in [1.807, 2.05) is 18.2 Å². The number of aliphatic hydroxyl groups excluding tert-OH is 1. The number of benzene rings is 2. The van der Waals surface area contributed by atoms with Crippen LogP contribution in [0.4, 0.5) is 10.1 Å². The maximum absolute atomic E-state index is 13.2. The quantitative estimate of drug-likeness (QED) is 0.335. The fourth-order valence-electron chi connectivity index (χ4n) is 3.11. The minimum absolute atomic E-state index is 0.183. The highest BCUT2D eigenvalue weighted by atomic mass is 32.2. The third-order valence-electron chi connectivity index (χ3n) is 4.92. The summed E-state index contributed by atoms with van der Waals surface area (Å²) in [5.74, 6) is -1.59. The van der Waals surface area contributed by atoms with Crippen LogP contribution in [0.25, 0.3) is 0 Å². The lowest BCUT2D eigenvalue weighted by molar-refractivity contribution is -0.118. The second-order valence-corrected chi connectivity index (χ2v) is 9.46. The van der Waals surface area contributed by atoms with Crippen molar-refractivity contribution in [1.82, 2.24) is 15.0 Å². The lowest BCUT2D eigenvalue weighted by Crippen LogP contribution is -2.45. The number of aromatic nitrogens is 1. The molecule has 0 aliphatic carbocycles. The van der Waals surface area contributed by atoms with E-state index in [1.165, 1.54) is 37.4 Å². The molecular weight excluding hydrogens is 475 g/mol. The van der Waals surface area contributed by atoms with Gasteiger partial charge in [0.05, 0.1) is 18.5 Å². The van der Waals surface area contributed by atoms with Crippen LogP contribution in [0, 0.1) is 5.82 Å². The minimum Gasteiger partial charge on any atom is -0.395 e. The molecule has 0 saturated carbocycles. The van der Waals surface area contributed by atoms with E-state index in [9.17, 15) is 22.4 Å². The number of aliphatic hydroxyl groups is 1. The van der Waals surface area contributed by atoms with E-state index in [4.69, 9.17) is 5.11 Å². The van der Waals surface area contributed by atoms with Gasteiger partial charge in [0.2, 0.25) is 5.91 Å². The second kappa shape index (κ2) is 11.6. The topological polar surface area (TPSA) is 137 Å². The zero-order valence-corrected chi connectivity index (χ0v) is 19.6.